The number of hydrogen-bond donors (Lipinski definition) is 2. The number of carbonyl (C=O) groups is 2. The lowest BCUT2D eigenvalue weighted by atomic mass is 9.81. The van der Waals surface area contributed by atoms with E-state index in [-0.39, 0.29) is 23.7 Å². The van der Waals surface area contributed by atoms with Gasteiger partial charge in [-0.1, -0.05) is 23.8 Å². The van der Waals surface area contributed by atoms with Gasteiger partial charge in [0.2, 0.25) is 11.8 Å². The fourth-order valence-corrected chi connectivity index (χ4v) is 3.12. The van der Waals surface area contributed by atoms with Gasteiger partial charge in [0, 0.05) is 24.1 Å². The van der Waals surface area contributed by atoms with E-state index in [1.165, 1.54) is 5.56 Å². The van der Waals surface area contributed by atoms with Gasteiger partial charge in [-0.25, -0.2) is 0 Å². The molecule has 0 atom stereocenters. The monoisotopic (exact) mass is 314 g/mol. The van der Waals surface area contributed by atoms with Gasteiger partial charge in [0.1, 0.15) is 0 Å². The maximum atomic E-state index is 12.4. The van der Waals surface area contributed by atoms with Crippen molar-refractivity contribution in [3.8, 4) is 0 Å². The second kappa shape index (κ2) is 7.95. The molecular weight excluding hydrogens is 288 g/mol. The number of carbonyl (C=O) groups excluding carboxylic acids is 2. The van der Waals surface area contributed by atoms with Crippen LogP contribution in [0.5, 0.6) is 0 Å². The topological polar surface area (TPSA) is 58.2 Å². The van der Waals surface area contributed by atoms with Gasteiger partial charge >= 0.3 is 0 Å². The Balaban J connectivity index is 1.86. The van der Waals surface area contributed by atoms with Crippen LogP contribution in [0.2, 0.25) is 0 Å². The molecule has 0 aliphatic heterocycles. The smallest absolute Gasteiger partial charge is 0.227 e. The molecule has 2 N–H and O–H groups in total. The molecule has 1 aromatic carbocycles. The average Bonchev–Trinajstić information content (AvgIpc) is 2.55. The maximum Gasteiger partial charge on any atom is 0.227 e. The summed E-state index contributed by atoms with van der Waals surface area (Å²) in [6.45, 7) is 8.15. The van der Waals surface area contributed by atoms with Gasteiger partial charge in [0.05, 0.1) is 0 Å². The van der Waals surface area contributed by atoms with E-state index in [4.69, 9.17) is 0 Å². The quantitative estimate of drug-likeness (QED) is 0.819. The highest BCUT2D eigenvalue weighted by Crippen LogP contribution is 2.30. The lowest BCUT2D eigenvalue weighted by Gasteiger charge is -2.27. The molecular formula is C19H26N2O2. The molecule has 1 aliphatic rings. The van der Waals surface area contributed by atoms with Crippen LogP contribution in [-0.2, 0) is 9.59 Å². The van der Waals surface area contributed by atoms with Gasteiger partial charge in [0.25, 0.3) is 0 Å². The van der Waals surface area contributed by atoms with Crippen molar-refractivity contribution < 1.29 is 9.59 Å². The molecule has 1 fully saturated rings. The second-order valence-corrected chi connectivity index (χ2v) is 6.39. The Morgan fingerprint density at radius 2 is 1.74 bits per heavy atom. The Morgan fingerprint density at radius 1 is 1.13 bits per heavy atom. The summed E-state index contributed by atoms with van der Waals surface area (Å²) in [7, 11) is 0. The lowest BCUT2D eigenvalue weighted by Crippen LogP contribution is -2.35. The first-order chi connectivity index (χ1) is 11.0. The number of aryl methyl sites for hydroxylation is 2. The van der Waals surface area contributed by atoms with Crippen molar-refractivity contribution in [1.29, 1.82) is 0 Å². The van der Waals surface area contributed by atoms with Crippen molar-refractivity contribution in [2.24, 2.45) is 11.8 Å². The number of hydrogen-bond acceptors (Lipinski definition) is 2. The van der Waals surface area contributed by atoms with Crippen molar-refractivity contribution in [3.05, 3.63) is 42.0 Å². The van der Waals surface area contributed by atoms with Crippen LogP contribution in [0, 0.1) is 25.7 Å². The highest BCUT2D eigenvalue weighted by Gasteiger charge is 2.29. The molecule has 124 valence electrons. The summed E-state index contributed by atoms with van der Waals surface area (Å²) in [5.41, 5.74) is 3.15. The second-order valence-electron chi connectivity index (χ2n) is 6.39. The first-order valence-corrected chi connectivity index (χ1v) is 8.28. The van der Waals surface area contributed by atoms with Crippen LogP contribution in [0.1, 0.15) is 36.8 Å². The standard InChI is InChI=1S/C19H26N2O2/c1-4-11-20-18(22)15-6-8-16(9-7-15)19(23)21-17-10-5-13(2)12-14(17)3/h4-5,10,12,15-16H,1,6-9,11H2,2-3H3,(H,20,22)(H,21,23). The third-order valence-corrected chi connectivity index (χ3v) is 4.53. The van der Waals surface area contributed by atoms with Crippen LogP contribution in [-0.4, -0.2) is 18.4 Å². The van der Waals surface area contributed by atoms with Crippen LogP contribution >= 0.6 is 0 Å². The van der Waals surface area contributed by atoms with Gasteiger partial charge in [-0.3, -0.25) is 9.59 Å². The minimum atomic E-state index is -0.000780. The molecule has 1 aliphatic carbocycles. The van der Waals surface area contributed by atoms with E-state index >= 15 is 0 Å². The van der Waals surface area contributed by atoms with Gasteiger partial charge < -0.3 is 10.6 Å². The molecule has 0 aromatic heterocycles. The molecule has 2 rings (SSSR count). The largest absolute Gasteiger partial charge is 0.352 e. The summed E-state index contributed by atoms with van der Waals surface area (Å²) in [6, 6.07) is 6.02. The Morgan fingerprint density at radius 3 is 2.30 bits per heavy atom. The van der Waals surface area contributed by atoms with Crippen LogP contribution < -0.4 is 10.6 Å². The Kier molecular flexibility index (Phi) is 5.97. The van der Waals surface area contributed by atoms with Gasteiger partial charge in [0.15, 0.2) is 0 Å². The van der Waals surface area contributed by atoms with E-state index in [1.807, 2.05) is 26.0 Å². The number of amides is 2. The Bertz CT molecular complexity index is 587. The zero-order valence-corrected chi connectivity index (χ0v) is 14.0. The van der Waals surface area contributed by atoms with Crippen molar-refractivity contribution >= 4 is 17.5 Å². The average molecular weight is 314 g/mol. The maximum absolute atomic E-state index is 12.4. The molecule has 2 amide bonds. The zero-order chi connectivity index (χ0) is 16.8. The summed E-state index contributed by atoms with van der Waals surface area (Å²) >= 11 is 0. The van der Waals surface area contributed by atoms with Gasteiger partial charge in [-0.15, -0.1) is 6.58 Å². The van der Waals surface area contributed by atoms with Gasteiger partial charge in [-0.2, -0.15) is 0 Å². The Hall–Kier alpha value is -2.10. The van der Waals surface area contributed by atoms with Crippen LogP contribution in [0.15, 0.2) is 30.9 Å². The van der Waals surface area contributed by atoms with E-state index in [2.05, 4.69) is 23.3 Å². The summed E-state index contributed by atoms with van der Waals surface area (Å²) in [5.74, 6) is 0.180. The van der Waals surface area contributed by atoms with Crippen LogP contribution in [0.3, 0.4) is 0 Å². The van der Waals surface area contributed by atoms with E-state index in [1.54, 1.807) is 6.08 Å². The van der Waals surface area contributed by atoms with Crippen LogP contribution in [0.25, 0.3) is 0 Å². The predicted octanol–water partition coefficient (Wildman–Crippen LogP) is 3.35. The third kappa shape index (κ3) is 4.68. The normalized spacial score (nSPS) is 20.6. The highest BCUT2D eigenvalue weighted by atomic mass is 16.2. The van der Waals surface area contributed by atoms with Crippen LogP contribution in [0.4, 0.5) is 5.69 Å². The lowest BCUT2D eigenvalue weighted by molar-refractivity contribution is -0.128. The zero-order valence-electron chi connectivity index (χ0n) is 14.0. The molecule has 0 saturated heterocycles. The number of rotatable bonds is 5. The summed E-state index contributed by atoms with van der Waals surface area (Å²) < 4.78 is 0. The van der Waals surface area contributed by atoms with Crippen molar-refractivity contribution in [2.75, 3.05) is 11.9 Å². The fraction of sp³-hybridized carbons (Fsp3) is 0.474. The number of nitrogens with one attached hydrogen (secondary N) is 2. The molecule has 0 heterocycles. The molecule has 0 spiro atoms. The van der Waals surface area contributed by atoms with E-state index in [0.29, 0.717) is 6.54 Å². The van der Waals surface area contributed by atoms with Crippen molar-refractivity contribution in [3.63, 3.8) is 0 Å². The summed E-state index contributed by atoms with van der Waals surface area (Å²) in [6.07, 6.45) is 4.76. The van der Waals surface area contributed by atoms with E-state index in [0.717, 1.165) is 36.9 Å². The SMILES string of the molecule is C=CCNC(=O)C1CCC(C(=O)Nc2ccc(C)cc2C)CC1. The molecule has 0 radical (unpaired) electrons. The van der Waals surface area contributed by atoms with Crippen molar-refractivity contribution in [2.45, 2.75) is 39.5 Å². The summed E-state index contributed by atoms with van der Waals surface area (Å²) in [5, 5.41) is 5.87. The number of benzene rings is 1. The minimum absolute atomic E-state index is 0.000780. The van der Waals surface area contributed by atoms with E-state index < -0.39 is 0 Å². The predicted molar refractivity (Wildman–Crippen MR) is 93.2 cm³/mol. The molecule has 4 nitrogen and oxygen atoms in total. The molecule has 1 aromatic rings. The highest BCUT2D eigenvalue weighted by molar-refractivity contribution is 5.93. The first-order valence-electron chi connectivity index (χ1n) is 8.28. The first kappa shape index (κ1) is 17.3. The van der Waals surface area contributed by atoms with Crippen molar-refractivity contribution in [1.82, 2.24) is 5.32 Å². The molecule has 1 saturated carbocycles. The Labute approximate surface area is 138 Å². The van der Waals surface area contributed by atoms with E-state index in [9.17, 15) is 9.59 Å². The third-order valence-electron chi connectivity index (χ3n) is 4.53. The molecule has 0 bridgehead atoms. The summed E-state index contributed by atoms with van der Waals surface area (Å²) in [4.78, 5) is 24.4. The van der Waals surface area contributed by atoms with Gasteiger partial charge in [-0.05, 0) is 51.2 Å². The molecule has 4 heteroatoms. The minimum Gasteiger partial charge on any atom is -0.352 e. The molecule has 23 heavy (non-hydrogen) atoms. The number of anilines is 1. The fourth-order valence-electron chi connectivity index (χ4n) is 3.12. The molecule has 0 unspecified atom stereocenters.